The molecule has 0 radical (unpaired) electrons. The fourth-order valence-electron chi connectivity index (χ4n) is 6.55. The summed E-state index contributed by atoms with van der Waals surface area (Å²) in [7, 11) is 0. The SMILES string of the molecule is c1ccc(N(c2ccc3sc4ccccc4c3c2)c2ccc3sc4c(N(c5ccccc5)c5ccccc5)cccc4c3c2)cc1. The first-order valence-corrected chi connectivity index (χ1v) is 17.1. The molecule has 46 heavy (non-hydrogen) atoms. The summed E-state index contributed by atoms with van der Waals surface area (Å²) in [6.45, 7) is 0. The first kappa shape index (κ1) is 26.9. The van der Waals surface area contributed by atoms with E-state index in [-0.39, 0.29) is 0 Å². The Kier molecular flexibility index (Phi) is 6.55. The molecule has 0 unspecified atom stereocenters. The number of thiophene rings is 2. The topological polar surface area (TPSA) is 6.48 Å². The average Bonchev–Trinajstić information content (AvgIpc) is 3.68. The van der Waals surface area contributed by atoms with Crippen molar-refractivity contribution < 1.29 is 0 Å². The van der Waals surface area contributed by atoms with E-state index in [1.165, 1.54) is 46.0 Å². The van der Waals surface area contributed by atoms with E-state index in [2.05, 4.69) is 180 Å². The molecule has 0 amide bonds. The molecule has 2 nitrogen and oxygen atoms in total. The monoisotopic (exact) mass is 624 g/mol. The normalized spacial score (nSPS) is 11.5. The fraction of sp³-hybridized carbons (Fsp3) is 0. The molecule has 0 fully saturated rings. The van der Waals surface area contributed by atoms with Crippen molar-refractivity contribution in [3.8, 4) is 0 Å². The van der Waals surface area contributed by atoms with Crippen LogP contribution >= 0.6 is 22.7 Å². The van der Waals surface area contributed by atoms with Gasteiger partial charge in [0, 0.05) is 64.1 Å². The quantitative estimate of drug-likeness (QED) is 0.182. The number of para-hydroxylation sites is 3. The van der Waals surface area contributed by atoms with Gasteiger partial charge in [0.2, 0.25) is 0 Å². The Labute approximate surface area is 275 Å². The lowest BCUT2D eigenvalue weighted by Crippen LogP contribution is -2.09. The molecule has 4 heteroatoms. The number of anilines is 6. The standard InChI is InChI=1S/C42H28N2S2/c1-4-13-29(14-5-1)43(32-23-25-40-36(27-32)34-19-10-11-22-39(34)45-40)33-24-26-41-37(28-33)35-20-12-21-38(42(35)46-41)44(30-15-6-2-7-16-30)31-17-8-3-9-18-31/h1-28H. The van der Waals surface area contributed by atoms with E-state index < -0.39 is 0 Å². The first-order chi connectivity index (χ1) is 22.8. The van der Waals surface area contributed by atoms with Gasteiger partial charge in [-0.25, -0.2) is 0 Å². The van der Waals surface area contributed by atoms with Gasteiger partial charge in [0.1, 0.15) is 0 Å². The largest absolute Gasteiger partial charge is 0.310 e. The van der Waals surface area contributed by atoms with Gasteiger partial charge in [-0.1, -0.05) is 84.9 Å². The van der Waals surface area contributed by atoms with E-state index in [0.29, 0.717) is 0 Å². The van der Waals surface area contributed by atoms with Gasteiger partial charge < -0.3 is 9.80 Å². The van der Waals surface area contributed by atoms with Gasteiger partial charge >= 0.3 is 0 Å². The number of hydrogen-bond donors (Lipinski definition) is 0. The van der Waals surface area contributed by atoms with Crippen molar-refractivity contribution in [2.75, 3.05) is 9.80 Å². The summed E-state index contributed by atoms with van der Waals surface area (Å²) in [5, 5.41) is 5.14. The van der Waals surface area contributed by atoms with Crippen LogP contribution in [-0.4, -0.2) is 0 Å². The lowest BCUT2D eigenvalue weighted by atomic mass is 10.1. The Morgan fingerprint density at radius 2 is 0.783 bits per heavy atom. The van der Waals surface area contributed by atoms with Crippen molar-refractivity contribution in [1.29, 1.82) is 0 Å². The van der Waals surface area contributed by atoms with Crippen LogP contribution < -0.4 is 9.80 Å². The molecule has 2 heterocycles. The van der Waals surface area contributed by atoms with Crippen LogP contribution in [0.4, 0.5) is 34.1 Å². The molecular formula is C42H28N2S2. The summed E-state index contributed by atoms with van der Waals surface area (Å²) in [5.74, 6) is 0. The minimum atomic E-state index is 1.14. The maximum atomic E-state index is 2.39. The van der Waals surface area contributed by atoms with Crippen molar-refractivity contribution in [1.82, 2.24) is 0 Å². The molecule has 218 valence electrons. The van der Waals surface area contributed by atoms with Crippen LogP contribution in [0, 0.1) is 0 Å². The van der Waals surface area contributed by atoms with E-state index in [1.807, 2.05) is 22.7 Å². The van der Waals surface area contributed by atoms with Crippen LogP contribution in [-0.2, 0) is 0 Å². The summed E-state index contributed by atoms with van der Waals surface area (Å²) in [4.78, 5) is 4.76. The summed E-state index contributed by atoms with van der Waals surface area (Å²) < 4.78 is 5.19. The zero-order valence-electron chi connectivity index (χ0n) is 24.9. The third-order valence-electron chi connectivity index (χ3n) is 8.62. The maximum Gasteiger partial charge on any atom is 0.0640 e. The first-order valence-electron chi connectivity index (χ1n) is 15.4. The molecule has 0 saturated heterocycles. The summed E-state index contributed by atoms with van der Waals surface area (Å²) >= 11 is 3.72. The molecule has 0 aliphatic heterocycles. The number of rotatable bonds is 6. The Bertz CT molecular complexity index is 2440. The molecular weight excluding hydrogens is 597 g/mol. The van der Waals surface area contributed by atoms with E-state index in [9.17, 15) is 0 Å². The number of nitrogens with zero attached hydrogens (tertiary/aromatic N) is 2. The van der Waals surface area contributed by atoms with E-state index in [4.69, 9.17) is 0 Å². The number of hydrogen-bond acceptors (Lipinski definition) is 4. The molecule has 0 aliphatic rings. The Morgan fingerprint density at radius 1 is 0.304 bits per heavy atom. The van der Waals surface area contributed by atoms with Gasteiger partial charge in [0.25, 0.3) is 0 Å². The molecule has 0 spiro atoms. The predicted molar refractivity (Wildman–Crippen MR) is 202 cm³/mol. The zero-order valence-corrected chi connectivity index (χ0v) is 26.5. The van der Waals surface area contributed by atoms with Gasteiger partial charge in [-0.05, 0) is 84.9 Å². The van der Waals surface area contributed by atoms with Crippen LogP contribution in [0.3, 0.4) is 0 Å². The van der Waals surface area contributed by atoms with Crippen LogP contribution in [0.1, 0.15) is 0 Å². The Hall–Kier alpha value is -5.42. The Morgan fingerprint density at radius 3 is 1.41 bits per heavy atom. The van der Waals surface area contributed by atoms with Crippen molar-refractivity contribution in [3.63, 3.8) is 0 Å². The van der Waals surface area contributed by atoms with Gasteiger partial charge in [-0.15, -0.1) is 22.7 Å². The van der Waals surface area contributed by atoms with Crippen molar-refractivity contribution in [2.24, 2.45) is 0 Å². The highest BCUT2D eigenvalue weighted by Gasteiger charge is 2.20. The maximum absolute atomic E-state index is 2.39. The minimum absolute atomic E-state index is 1.14. The molecule has 9 aromatic rings. The molecule has 0 N–H and O–H groups in total. The zero-order chi connectivity index (χ0) is 30.5. The van der Waals surface area contributed by atoms with Crippen LogP contribution in [0.25, 0.3) is 40.3 Å². The van der Waals surface area contributed by atoms with Gasteiger partial charge in [-0.3, -0.25) is 0 Å². The molecule has 0 atom stereocenters. The van der Waals surface area contributed by atoms with Gasteiger partial charge in [-0.2, -0.15) is 0 Å². The third-order valence-corrected chi connectivity index (χ3v) is 11.0. The highest BCUT2D eigenvalue weighted by atomic mass is 32.1. The van der Waals surface area contributed by atoms with Crippen LogP contribution in [0.15, 0.2) is 170 Å². The number of fused-ring (bicyclic) bond motifs is 6. The molecule has 0 aliphatic carbocycles. The molecule has 7 aromatic carbocycles. The van der Waals surface area contributed by atoms with Crippen molar-refractivity contribution in [2.45, 2.75) is 0 Å². The summed E-state index contributed by atoms with van der Waals surface area (Å²) in [5.41, 5.74) is 6.91. The van der Waals surface area contributed by atoms with Crippen molar-refractivity contribution in [3.05, 3.63) is 170 Å². The van der Waals surface area contributed by atoms with E-state index >= 15 is 0 Å². The molecule has 2 aromatic heterocycles. The van der Waals surface area contributed by atoms with Gasteiger partial charge in [0.05, 0.1) is 10.4 Å². The summed E-state index contributed by atoms with van der Waals surface area (Å²) in [6.07, 6.45) is 0. The lowest BCUT2D eigenvalue weighted by Gasteiger charge is -2.26. The van der Waals surface area contributed by atoms with Crippen LogP contribution in [0.2, 0.25) is 0 Å². The second-order valence-electron chi connectivity index (χ2n) is 11.4. The predicted octanol–water partition coefficient (Wildman–Crippen LogP) is 13.4. The van der Waals surface area contributed by atoms with Gasteiger partial charge in [0.15, 0.2) is 0 Å². The second-order valence-corrected chi connectivity index (χ2v) is 13.5. The minimum Gasteiger partial charge on any atom is -0.310 e. The highest BCUT2D eigenvalue weighted by molar-refractivity contribution is 7.26. The fourth-order valence-corrected chi connectivity index (χ4v) is 8.82. The molecule has 0 saturated carbocycles. The van der Waals surface area contributed by atoms with E-state index in [1.54, 1.807) is 0 Å². The average molecular weight is 625 g/mol. The molecule has 9 rings (SSSR count). The highest BCUT2D eigenvalue weighted by Crippen LogP contribution is 2.47. The Balaban J connectivity index is 1.23. The third kappa shape index (κ3) is 4.54. The smallest absolute Gasteiger partial charge is 0.0640 e. The van der Waals surface area contributed by atoms with Crippen LogP contribution in [0.5, 0.6) is 0 Å². The molecule has 0 bridgehead atoms. The lowest BCUT2D eigenvalue weighted by molar-refractivity contribution is 1.30. The second kappa shape index (κ2) is 11.2. The summed E-state index contributed by atoms with van der Waals surface area (Å²) in [6, 6.07) is 61.3. The van der Waals surface area contributed by atoms with E-state index in [0.717, 1.165) is 28.4 Å². The number of benzene rings is 7. The van der Waals surface area contributed by atoms with Crippen molar-refractivity contribution >= 4 is 97.1 Å².